The molecule has 0 saturated heterocycles. The van der Waals surface area contributed by atoms with Gasteiger partial charge in [-0.1, -0.05) is 28.9 Å². The third-order valence-corrected chi connectivity index (χ3v) is 2.82. The third kappa shape index (κ3) is 3.26. The van der Waals surface area contributed by atoms with E-state index in [2.05, 4.69) is 21.2 Å². The molecule has 0 fully saturated rings. The zero-order valence-electron chi connectivity index (χ0n) is 8.89. The van der Waals surface area contributed by atoms with Gasteiger partial charge in [-0.3, -0.25) is 0 Å². The molecule has 1 unspecified atom stereocenters. The van der Waals surface area contributed by atoms with Gasteiger partial charge in [0.25, 0.3) is 0 Å². The van der Waals surface area contributed by atoms with Crippen LogP contribution >= 0.6 is 15.9 Å². The van der Waals surface area contributed by atoms with Crippen molar-refractivity contribution in [3.05, 3.63) is 34.1 Å². The first kappa shape index (κ1) is 12.6. The molecule has 2 nitrogen and oxygen atoms in total. The maximum Gasteiger partial charge on any atom is 0.129 e. The van der Waals surface area contributed by atoms with E-state index in [0.29, 0.717) is 12.2 Å². The van der Waals surface area contributed by atoms with Crippen LogP contribution in [-0.2, 0) is 4.74 Å². The number of nitrogens with one attached hydrogen (secondary N) is 1. The van der Waals surface area contributed by atoms with E-state index in [9.17, 15) is 4.39 Å². The summed E-state index contributed by atoms with van der Waals surface area (Å²) in [7, 11) is 1.61. The molecule has 84 valence electrons. The molecular formula is C11H15BrFNO. The topological polar surface area (TPSA) is 21.3 Å². The second kappa shape index (κ2) is 6.20. The third-order valence-electron chi connectivity index (χ3n) is 2.13. The minimum absolute atomic E-state index is 0.115. The van der Waals surface area contributed by atoms with Crippen LogP contribution in [0.15, 0.2) is 22.7 Å². The standard InChI is InChI=1S/C11H15BrFNO/c1-3-14-10(7-15-2)11-8(12)5-4-6-9(11)13/h4-6,10,14H,3,7H2,1-2H3. The average molecular weight is 276 g/mol. The van der Waals surface area contributed by atoms with Crippen LogP contribution in [0.25, 0.3) is 0 Å². The Balaban J connectivity index is 2.98. The highest BCUT2D eigenvalue weighted by Gasteiger charge is 2.17. The van der Waals surface area contributed by atoms with Gasteiger partial charge in [0.1, 0.15) is 5.82 Å². The fraction of sp³-hybridized carbons (Fsp3) is 0.455. The Hall–Kier alpha value is -0.450. The van der Waals surface area contributed by atoms with Gasteiger partial charge in [-0.05, 0) is 18.7 Å². The number of likely N-dealkylation sites (N-methyl/N-ethyl adjacent to an activating group) is 1. The van der Waals surface area contributed by atoms with Crippen molar-refractivity contribution in [1.29, 1.82) is 0 Å². The molecule has 0 amide bonds. The lowest BCUT2D eigenvalue weighted by Gasteiger charge is -2.19. The minimum Gasteiger partial charge on any atom is -0.383 e. The summed E-state index contributed by atoms with van der Waals surface area (Å²) in [6.45, 7) is 3.21. The van der Waals surface area contributed by atoms with E-state index in [1.807, 2.05) is 13.0 Å². The van der Waals surface area contributed by atoms with Crippen LogP contribution in [-0.4, -0.2) is 20.3 Å². The van der Waals surface area contributed by atoms with Gasteiger partial charge < -0.3 is 10.1 Å². The SMILES string of the molecule is CCNC(COC)c1c(F)cccc1Br. The lowest BCUT2D eigenvalue weighted by Crippen LogP contribution is -2.26. The van der Waals surface area contributed by atoms with Crippen LogP contribution < -0.4 is 5.32 Å². The van der Waals surface area contributed by atoms with Crippen LogP contribution in [0.5, 0.6) is 0 Å². The highest BCUT2D eigenvalue weighted by molar-refractivity contribution is 9.10. The fourth-order valence-electron chi connectivity index (χ4n) is 1.50. The Labute approximate surface area is 98.0 Å². The number of ether oxygens (including phenoxy) is 1. The van der Waals surface area contributed by atoms with E-state index in [1.165, 1.54) is 6.07 Å². The molecule has 1 rings (SSSR count). The lowest BCUT2D eigenvalue weighted by atomic mass is 10.1. The Kier molecular flexibility index (Phi) is 5.22. The first-order valence-corrected chi connectivity index (χ1v) is 5.66. The Bertz CT molecular complexity index is 293. The van der Waals surface area contributed by atoms with Gasteiger partial charge in [-0.2, -0.15) is 0 Å². The summed E-state index contributed by atoms with van der Waals surface area (Å²) in [6.07, 6.45) is 0. The summed E-state index contributed by atoms with van der Waals surface area (Å²) in [5, 5.41) is 3.19. The number of benzene rings is 1. The highest BCUT2D eigenvalue weighted by Crippen LogP contribution is 2.26. The largest absolute Gasteiger partial charge is 0.383 e. The van der Waals surface area contributed by atoms with Crippen LogP contribution in [0.2, 0.25) is 0 Å². The summed E-state index contributed by atoms with van der Waals surface area (Å²) in [6, 6.07) is 4.85. The smallest absolute Gasteiger partial charge is 0.129 e. The van der Waals surface area contributed by atoms with E-state index >= 15 is 0 Å². The van der Waals surface area contributed by atoms with Crippen LogP contribution in [0.1, 0.15) is 18.5 Å². The molecule has 0 heterocycles. The lowest BCUT2D eigenvalue weighted by molar-refractivity contribution is 0.166. The summed E-state index contributed by atoms with van der Waals surface area (Å²) < 4.78 is 19.5. The maximum atomic E-state index is 13.6. The number of methoxy groups -OCH3 is 1. The molecule has 0 spiro atoms. The summed E-state index contributed by atoms with van der Waals surface area (Å²) >= 11 is 3.35. The molecule has 0 aliphatic heterocycles. The van der Waals surface area contributed by atoms with Crippen molar-refractivity contribution >= 4 is 15.9 Å². The molecule has 0 radical (unpaired) electrons. The highest BCUT2D eigenvalue weighted by atomic mass is 79.9. The first-order valence-electron chi connectivity index (χ1n) is 4.87. The number of hydrogen-bond acceptors (Lipinski definition) is 2. The predicted molar refractivity (Wildman–Crippen MR) is 62.4 cm³/mol. The maximum absolute atomic E-state index is 13.6. The summed E-state index contributed by atoms with van der Waals surface area (Å²) in [4.78, 5) is 0. The molecule has 4 heteroatoms. The Morgan fingerprint density at radius 2 is 2.27 bits per heavy atom. The van der Waals surface area contributed by atoms with Crippen LogP contribution in [0.3, 0.4) is 0 Å². The van der Waals surface area contributed by atoms with Gasteiger partial charge in [-0.15, -0.1) is 0 Å². The van der Waals surface area contributed by atoms with Gasteiger partial charge in [0.05, 0.1) is 12.6 Å². The number of halogens is 2. The van der Waals surface area contributed by atoms with Gasteiger partial charge in [0.15, 0.2) is 0 Å². The molecule has 0 aliphatic carbocycles. The van der Waals surface area contributed by atoms with Gasteiger partial charge in [0.2, 0.25) is 0 Å². The normalized spacial score (nSPS) is 12.8. The molecular weight excluding hydrogens is 261 g/mol. The van der Waals surface area contributed by atoms with Crippen molar-refractivity contribution in [1.82, 2.24) is 5.32 Å². The molecule has 0 aromatic heterocycles. The van der Waals surface area contributed by atoms with E-state index in [-0.39, 0.29) is 11.9 Å². The molecule has 0 aliphatic rings. The van der Waals surface area contributed by atoms with Crippen LogP contribution in [0, 0.1) is 5.82 Å². The number of hydrogen-bond donors (Lipinski definition) is 1. The zero-order chi connectivity index (χ0) is 11.3. The van der Waals surface area contributed by atoms with Gasteiger partial charge >= 0.3 is 0 Å². The van der Waals surface area contributed by atoms with E-state index in [4.69, 9.17) is 4.74 Å². The Morgan fingerprint density at radius 3 is 2.80 bits per heavy atom. The Morgan fingerprint density at radius 1 is 1.53 bits per heavy atom. The average Bonchev–Trinajstić information content (AvgIpc) is 2.18. The van der Waals surface area contributed by atoms with Gasteiger partial charge in [-0.25, -0.2) is 4.39 Å². The van der Waals surface area contributed by atoms with Crippen LogP contribution in [0.4, 0.5) is 4.39 Å². The van der Waals surface area contributed by atoms with E-state index < -0.39 is 0 Å². The molecule has 1 atom stereocenters. The fourth-order valence-corrected chi connectivity index (χ4v) is 2.12. The van der Waals surface area contributed by atoms with Crippen molar-refractivity contribution < 1.29 is 9.13 Å². The predicted octanol–water partition coefficient (Wildman–Crippen LogP) is 2.89. The molecule has 1 aromatic rings. The van der Waals surface area contributed by atoms with E-state index in [1.54, 1.807) is 13.2 Å². The number of rotatable bonds is 5. The second-order valence-corrected chi connectivity index (χ2v) is 4.06. The zero-order valence-corrected chi connectivity index (χ0v) is 10.5. The van der Waals surface area contributed by atoms with Crippen molar-refractivity contribution in [2.24, 2.45) is 0 Å². The van der Waals surface area contributed by atoms with Crippen molar-refractivity contribution in [3.8, 4) is 0 Å². The quantitative estimate of drug-likeness (QED) is 0.892. The minimum atomic E-state index is -0.215. The molecule has 1 aromatic carbocycles. The van der Waals surface area contributed by atoms with Crippen molar-refractivity contribution in [2.75, 3.05) is 20.3 Å². The van der Waals surface area contributed by atoms with Gasteiger partial charge in [0, 0.05) is 17.1 Å². The molecule has 1 N–H and O–H groups in total. The first-order chi connectivity index (χ1) is 7.20. The molecule has 0 saturated carbocycles. The summed E-state index contributed by atoms with van der Waals surface area (Å²) in [5.41, 5.74) is 0.626. The van der Waals surface area contributed by atoms with Crippen molar-refractivity contribution in [3.63, 3.8) is 0 Å². The van der Waals surface area contributed by atoms with E-state index in [0.717, 1.165) is 11.0 Å². The molecule has 0 bridgehead atoms. The van der Waals surface area contributed by atoms with Crippen molar-refractivity contribution in [2.45, 2.75) is 13.0 Å². The monoisotopic (exact) mass is 275 g/mol. The molecule has 15 heavy (non-hydrogen) atoms. The summed E-state index contributed by atoms with van der Waals surface area (Å²) in [5.74, 6) is -0.215. The second-order valence-electron chi connectivity index (χ2n) is 3.20.